The fraction of sp³-hybridized carbons (Fsp3) is 0.828. The summed E-state index contributed by atoms with van der Waals surface area (Å²) in [4.78, 5) is 12.4. The molecule has 3 nitrogen and oxygen atoms in total. The lowest BCUT2D eigenvalue weighted by atomic mass is 9.93. The summed E-state index contributed by atoms with van der Waals surface area (Å²) in [6.45, 7) is 7.73. The molecule has 0 saturated heterocycles. The number of nitrogens with one attached hydrogen (secondary N) is 1. The van der Waals surface area contributed by atoms with Crippen molar-refractivity contribution in [2.24, 2.45) is 5.92 Å². The number of rotatable bonds is 23. The van der Waals surface area contributed by atoms with Crippen LogP contribution in [-0.4, -0.2) is 25.7 Å². The van der Waals surface area contributed by atoms with E-state index < -0.39 is 0 Å². The van der Waals surface area contributed by atoms with Gasteiger partial charge in [-0.3, -0.25) is 4.79 Å². The molecule has 0 saturated carbocycles. The third-order valence-electron chi connectivity index (χ3n) is 6.15. The molecule has 2 unspecified atom stereocenters. The van der Waals surface area contributed by atoms with Gasteiger partial charge in [0.25, 0.3) is 0 Å². The second-order valence-corrected chi connectivity index (χ2v) is 9.36. The summed E-state index contributed by atoms with van der Waals surface area (Å²) in [5.74, 6) is 0.419. The van der Waals surface area contributed by atoms with Crippen LogP contribution in [0.15, 0.2) is 24.3 Å². The van der Waals surface area contributed by atoms with Gasteiger partial charge in [0.05, 0.1) is 0 Å². The van der Waals surface area contributed by atoms with E-state index >= 15 is 0 Å². The number of carbonyl (C=O) groups is 1. The molecule has 32 heavy (non-hydrogen) atoms. The third-order valence-corrected chi connectivity index (χ3v) is 6.15. The second kappa shape index (κ2) is 24.6. The molecule has 0 rings (SSSR count). The molecule has 0 radical (unpaired) electrons. The largest absolute Gasteiger partial charge is 0.462 e. The number of hydrogen-bond acceptors (Lipinski definition) is 3. The van der Waals surface area contributed by atoms with Crippen LogP contribution in [0.2, 0.25) is 0 Å². The maximum absolute atomic E-state index is 12.4. The molecular weight excluding hydrogens is 394 g/mol. The van der Waals surface area contributed by atoms with Crippen molar-refractivity contribution in [3.8, 4) is 0 Å². The maximum Gasteiger partial charge on any atom is 0.306 e. The van der Waals surface area contributed by atoms with Crippen LogP contribution in [0, 0.1) is 5.92 Å². The van der Waals surface area contributed by atoms with Crippen LogP contribution in [0.4, 0.5) is 0 Å². The van der Waals surface area contributed by atoms with E-state index in [-0.39, 0.29) is 12.1 Å². The van der Waals surface area contributed by atoms with Crippen molar-refractivity contribution >= 4 is 5.97 Å². The Bertz CT molecular complexity index is 458. The molecule has 0 bridgehead atoms. The van der Waals surface area contributed by atoms with Crippen LogP contribution in [0.3, 0.4) is 0 Å². The minimum absolute atomic E-state index is 0.0103. The average Bonchev–Trinajstić information content (AvgIpc) is 2.79. The van der Waals surface area contributed by atoms with Gasteiger partial charge in [-0.15, -0.1) is 0 Å². The summed E-state index contributed by atoms with van der Waals surface area (Å²) in [5.41, 5.74) is 0. The van der Waals surface area contributed by atoms with Gasteiger partial charge in [0.15, 0.2) is 0 Å². The number of hydrogen-bond donors (Lipinski definition) is 1. The van der Waals surface area contributed by atoms with E-state index in [9.17, 15) is 4.79 Å². The fourth-order valence-electron chi connectivity index (χ4n) is 3.93. The first-order valence-corrected chi connectivity index (χ1v) is 13.8. The molecule has 0 fully saturated rings. The van der Waals surface area contributed by atoms with Gasteiger partial charge in [0.1, 0.15) is 6.10 Å². The van der Waals surface area contributed by atoms with Gasteiger partial charge in [-0.2, -0.15) is 0 Å². The molecule has 0 amide bonds. The fourth-order valence-corrected chi connectivity index (χ4v) is 3.93. The Kier molecular flexibility index (Phi) is 23.7. The van der Waals surface area contributed by atoms with Gasteiger partial charge in [0, 0.05) is 6.42 Å². The average molecular weight is 450 g/mol. The topological polar surface area (TPSA) is 38.3 Å². The molecule has 3 heteroatoms. The second-order valence-electron chi connectivity index (χ2n) is 9.36. The predicted octanol–water partition coefficient (Wildman–Crippen LogP) is 8.54. The first-order chi connectivity index (χ1) is 15.7. The van der Waals surface area contributed by atoms with E-state index in [1.807, 2.05) is 7.05 Å². The summed E-state index contributed by atoms with van der Waals surface area (Å²) >= 11 is 0. The van der Waals surface area contributed by atoms with Crippen LogP contribution < -0.4 is 5.32 Å². The Morgan fingerprint density at radius 2 is 1.28 bits per heavy atom. The summed E-state index contributed by atoms with van der Waals surface area (Å²) in [5, 5.41) is 3.14. The molecule has 0 aromatic rings. The molecule has 0 aromatic heterocycles. The molecule has 0 aliphatic carbocycles. The standard InChI is InChI=1S/C29H55NO2/c1-5-7-9-11-13-15-17-19-23-27(3)28(32-29(31)25-21-22-26-30-4)24-20-18-16-14-12-10-8-6-2/h13-16,27-28,30H,5-12,17-26H2,1-4H3/b15-13-,16-14-. The third kappa shape index (κ3) is 20.8. The van der Waals surface area contributed by atoms with Crippen molar-refractivity contribution < 1.29 is 9.53 Å². The Labute approximate surface area is 200 Å². The summed E-state index contributed by atoms with van der Waals surface area (Å²) in [7, 11) is 1.95. The van der Waals surface area contributed by atoms with E-state index in [1.54, 1.807) is 0 Å². The lowest BCUT2D eigenvalue weighted by Crippen LogP contribution is -2.25. The number of unbranched alkanes of at least 4 members (excludes halogenated alkanes) is 9. The van der Waals surface area contributed by atoms with Gasteiger partial charge < -0.3 is 10.1 Å². The molecule has 1 N–H and O–H groups in total. The van der Waals surface area contributed by atoms with Crippen molar-refractivity contribution in [3.05, 3.63) is 24.3 Å². The highest BCUT2D eigenvalue weighted by Gasteiger charge is 2.20. The van der Waals surface area contributed by atoms with E-state index in [0.29, 0.717) is 12.3 Å². The van der Waals surface area contributed by atoms with Crippen molar-refractivity contribution in [3.63, 3.8) is 0 Å². The van der Waals surface area contributed by atoms with Crippen LogP contribution in [-0.2, 0) is 9.53 Å². The van der Waals surface area contributed by atoms with Crippen LogP contribution >= 0.6 is 0 Å². The highest BCUT2D eigenvalue weighted by atomic mass is 16.5. The molecule has 0 heterocycles. The van der Waals surface area contributed by atoms with Crippen LogP contribution in [0.5, 0.6) is 0 Å². The zero-order valence-electron chi connectivity index (χ0n) is 22.0. The van der Waals surface area contributed by atoms with Crippen LogP contribution in [0.1, 0.15) is 130 Å². The van der Waals surface area contributed by atoms with E-state index in [1.165, 1.54) is 57.8 Å². The molecule has 188 valence electrons. The number of allylic oxidation sites excluding steroid dienone is 4. The van der Waals surface area contributed by atoms with Gasteiger partial charge in [-0.1, -0.05) is 70.8 Å². The zero-order chi connectivity index (χ0) is 23.7. The Morgan fingerprint density at radius 3 is 1.81 bits per heavy atom. The molecule has 0 aliphatic heterocycles. The predicted molar refractivity (Wildman–Crippen MR) is 141 cm³/mol. The number of ether oxygens (including phenoxy) is 1. The lowest BCUT2D eigenvalue weighted by Gasteiger charge is -2.24. The maximum atomic E-state index is 12.4. The molecule has 0 spiro atoms. The number of esters is 1. The molecule has 0 aromatic carbocycles. The SMILES string of the molecule is CCCCC/C=C\CCCC(C)C(CCC/C=C\CCCCC)OC(=O)CCCCNC. The Morgan fingerprint density at radius 1 is 0.750 bits per heavy atom. The van der Waals surface area contributed by atoms with Crippen molar-refractivity contribution in [1.29, 1.82) is 0 Å². The summed E-state index contributed by atoms with van der Waals surface area (Å²) < 4.78 is 5.97. The van der Waals surface area contributed by atoms with Gasteiger partial charge in [-0.25, -0.2) is 0 Å². The van der Waals surface area contributed by atoms with Crippen molar-refractivity contribution in [1.82, 2.24) is 5.32 Å². The quantitative estimate of drug-likeness (QED) is 0.0964. The lowest BCUT2D eigenvalue weighted by molar-refractivity contribution is -0.152. The summed E-state index contributed by atoms with van der Waals surface area (Å²) in [6.07, 6.45) is 28.7. The first-order valence-electron chi connectivity index (χ1n) is 13.8. The Hall–Kier alpha value is -1.09. The minimum Gasteiger partial charge on any atom is -0.462 e. The normalized spacial score (nSPS) is 13.8. The highest BCUT2D eigenvalue weighted by molar-refractivity contribution is 5.69. The summed E-state index contributed by atoms with van der Waals surface area (Å²) in [6, 6.07) is 0. The van der Waals surface area contributed by atoms with E-state index in [4.69, 9.17) is 4.74 Å². The smallest absolute Gasteiger partial charge is 0.306 e. The highest BCUT2D eigenvalue weighted by Crippen LogP contribution is 2.22. The molecular formula is C29H55NO2. The van der Waals surface area contributed by atoms with Crippen LogP contribution in [0.25, 0.3) is 0 Å². The molecule has 2 atom stereocenters. The Balaban J connectivity index is 4.35. The van der Waals surface area contributed by atoms with E-state index in [0.717, 1.165) is 51.5 Å². The van der Waals surface area contributed by atoms with Gasteiger partial charge in [0.2, 0.25) is 0 Å². The van der Waals surface area contributed by atoms with Gasteiger partial charge in [-0.05, 0) is 96.6 Å². The van der Waals surface area contributed by atoms with Crippen molar-refractivity contribution in [2.45, 2.75) is 136 Å². The van der Waals surface area contributed by atoms with E-state index in [2.05, 4.69) is 50.4 Å². The van der Waals surface area contributed by atoms with Gasteiger partial charge >= 0.3 is 5.97 Å². The monoisotopic (exact) mass is 449 g/mol. The first kappa shape index (κ1) is 30.9. The zero-order valence-corrected chi connectivity index (χ0v) is 22.0. The number of carbonyl (C=O) groups excluding carboxylic acids is 1. The minimum atomic E-state index is -0.0103. The molecule has 0 aliphatic rings. The van der Waals surface area contributed by atoms with Crippen molar-refractivity contribution in [2.75, 3.05) is 13.6 Å².